The molecule has 2 N–H and O–H groups in total. The monoisotopic (exact) mass is 680 g/mol. The lowest BCUT2D eigenvalue weighted by atomic mass is 9.93. The van der Waals surface area contributed by atoms with Crippen LogP contribution in [0.15, 0.2) is 97.7 Å². The molecule has 12 heteroatoms. The summed E-state index contributed by atoms with van der Waals surface area (Å²) in [5, 5.41) is 6.66. The quantitative estimate of drug-likeness (QED) is 0.125. The van der Waals surface area contributed by atoms with E-state index in [9.17, 15) is 9.18 Å². The van der Waals surface area contributed by atoms with Crippen molar-refractivity contribution in [3.8, 4) is 5.75 Å². The van der Waals surface area contributed by atoms with Gasteiger partial charge in [0.05, 0.1) is 40.1 Å². The number of fused-ring (bicyclic) bond motifs is 1. The number of anilines is 3. The predicted molar refractivity (Wildman–Crippen MR) is 190 cm³/mol. The number of hydrogen-bond acceptors (Lipinski definition) is 9. The average Bonchev–Trinajstić information content (AvgIpc) is 3.13. The van der Waals surface area contributed by atoms with Crippen LogP contribution < -0.4 is 15.4 Å². The molecule has 0 radical (unpaired) electrons. The highest BCUT2D eigenvalue weighted by Gasteiger charge is 2.20. The van der Waals surface area contributed by atoms with Crippen molar-refractivity contribution >= 4 is 45.6 Å². The van der Waals surface area contributed by atoms with Gasteiger partial charge < -0.3 is 20.3 Å². The van der Waals surface area contributed by atoms with E-state index in [-0.39, 0.29) is 10.9 Å². The lowest BCUT2D eigenvalue weighted by molar-refractivity contribution is -0.112. The number of methoxy groups -OCH3 is 1. The number of benzene rings is 2. The van der Waals surface area contributed by atoms with E-state index in [2.05, 4.69) is 52.5 Å². The summed E-state index contributed by atoms with van der Waals surface area (Å²) < 4.78 is 19.3. The van der Waals surface area contributed by atoms with E-state index in [1.54, 1.807) is 18.2 Å². The van der Waals surface area contributed by atoms with Crippen molar-refractivity contribution in [3.63, 3.8) is 0 Å². The van der Waals surface area contributed by atoms with Crippen molar-refractivity contribution < 1.29 is 13.9 Å². The minimum Gasteiger partial charge on any atom is -0.495 e. The van der Waals surface area contributed by atoms with Gasteiger partial charge in [0.25, 0.3) is 0 Å². The third kappa shape index (κ3) is 9.07. The number of ether oxygens (including phenoxy) is 1. The van der Waals surface area contributed by atoms with E-state index in [0.717, 1.165) is 63.4 Å². The van der Waals surface area contributed by atoms with E-state index in [4.69, 9.17) is 16.3 Å². The summed E-state index contributed by atoms with van der Waals surface area (Å²) in [5.74, 6) is 0.615. The third-order valence-electron chi connectivity index (χ3n) is 8.58. The molecular weight excluding hydrogens is 643 g/mol. The number of carbonyl (C=O) groups is 1. The molecule has 5 aromatic rings. The van der Waals surface area contributed by atoms with E-state index < -0.39 is 5.82 Å². The summed E-state index contributed by atoms with van der Waals surface area (Å²) in [4.78, 5) is 35.7. The number of carbonyl (C=O) groups excluding carboxylic acids is 1. The van der Waals surface area contributed by atoms with Crippen molar-refractivity contribution in [1.82, 2.24) is 29.7 Å². The van der Waals surface area contributed by atoms with Crippen LogP contribution in [0, 0.1) is 11.7 Å². The standard InChI is InChI=1S/C37H38ClFN8O2/c1-49-33-11-10-32-35(37(43-25-42-32)44-27-8-9-31(39)30(38)22-27)36(33)45-34(48)15-21-46-18-12-26(13-19-46)14-20-47(23-28-6-2-4-16-40-28)24-29-7-3-5-17-41-29/h2-11,15-17,21-22,25-26H,12-14,18-20,23-24H2,1H3,(H,45,48)(H,42,43,44)/b21-15+. The lowest BCUT2D eigenvalue weighted by Crippen LogP contribution is -2.32. The minimum atomic E-state index is -0.523. The summed E-state index contributed by atoms with van der Waals surface area (Å²) in [7, 11) is 1.53. The van der Waals surface area contributed by atoms with Gasteiger partial charge in [-0.15, -0.1) is 0 Å². The molecule has 0 atom stereocenters. The van der Waals surface area contributed by atoms with E-state index in [1.165, 1.54) is 31.6 Å². The zero-order chi connectivity index (χ0) is 34.0. The van der Waals surface area contributed by atoms with Crippen molar-refractivity contribution in [1.29, 1.82) is 0 Å². The van der Waals surface area contributed by atoms with Gasteiger partial charge >= 0.3 is 0 Å². The predicted octanol–water partition coefficient (Wildman–Crippen LogP) is 7.22. The molecule has 6 rings (SSSR count). The van der Waals surface area contributed by atoms with Crippen LogP contribution in [0.3, 0.4) is 0 Å². The van der Waals surface area contributed by atoms with Gasteiger partial charge in [-0.05, 0) is 86.3 Å². The smallest absolute Gasteiger partial charge is 0.249 e. The highest BCUT2D eigenvalue weighted by Crippen LogP contribution is 2.37. The van der Waals surface area contributed by atoms with E-state index >= 15 is 0 Å². The van der Waals surface area contributed by atoms with Crippen LogP contribution >= 0.6 is 11.6 Å². The Bertz CT molecular complexity index is 1850. The van der Waals surface area contributed by atoms with Crippen LogP contribution in [-0.4, -0.2) is 62.4 Å². The number of aromatic nitrogens is 4. The number of piperidine rings is 1. The fourth-order valence-electron chi connectivity index (χ4n) is 5.98. The van der Waals surface area contributed by atoms with Gasteiger partial charge in [0.2, 0.25) is 5.91 Å². The number of rotatable bonds is 13. The molecule has 4 heterocycles. The van der Waals surface area contributed by atoms with E-state index in [1.807, 2.05) is 42.9 Å². The fraction of sp³-hybridized carbons (Fsp3) is 0.270. The molecule has 1 saturated heterocycles. The molecule has 3 aromatic heterocycles. The molecule has 2 aromatic carbocycles. The topological polar surface area (TPSA) is 108 Å². The van der Waals surface area contributed by atoms with Gasteiger partial charge in [-0.2, -0.15) is 0 Å². The van der Waals surface area contributed by atoms with Crippen LogP contribution in [0.4, 0.5) is 21.6 Å². The van der Waals surface area contributed by atoms with Crippen LogP contribution in [0.5, 0.6) is 5.75 Å². The van der Waals surface area contributed by atoms with Crippen LogP contribution in [0.1, 0.15) is 30.7 Å². The van der Waals surface area contributed by atoms with Gasteiger partial charge in [-0.1, -0.05) is 23.7 Å². The maximum atomic E-state index is 13.8. The van der Waals surface area contributed by atoms with Gasteiger partial charge in [0.1, 0.15) is 23.7 Å². The minimum absolute atomic E-state index is 0.0215. The van der Waals surface area contributed by atoms with Crippen LogP contribution in [0.2, 0.25) is 5.02 Å². The Morgan fingerprint density at radius 3 is 2.39 bits per heavy atom. The lowest BCUT2D eigenvalue weighted by Gasteiger charge is -2.32. The Labute approximate surface area is 290 Å². The Hall–Kier alpha value is -5.13. The molecule has 1 fully saturated rings. The number of amides is 1. The van der Waals surface area contributed by atoms with Gasteiger partial charge in [-0.3, -0.25) is 19.7 Å². The molecule has 0 unspecified atom stereocenters. The van der Waals surface area contributed by atoms with Crippen molar-refractivity contribution in [2.24, 2.45) is 5.92 Å². The molecule has 0 saturated carbocycles. The maximum absolute atomic E-state index is 13.8. The first kappa shape index (κ1) is 33.8. The summed E-state index contributed by atoms with van der Waals surface area (Å²) in [6.07, 6.45) is 11.7. The fourth-order valence-corrected chi connectivity index (χ4v) is 6.16. The molecule has 252 valence electrons. The van der Waals surface area contributed by atoms with Gasteiger partial charge in [0.15, 0.2) is 0 Å². The maximum Gasteiger partial charge on any atom is 0.249 e. The Kier molecular flexibility index (Phi) is 11.2. The number of nitrogens with one attached hydrogen (secondary N) is 2. The average molecular weight is 681 g/mol. The van der Waals surface area contributed by atoms with Crippen LogP contribution in [0.25, 0.3) is 10.9 Å². The number of pyridine rings is 2. The second kappa shape index (κ2) is 16.3. The first-order valence-corrected chi connectivity index (χ1v) is 16.6. The first-order valence-electron chi connectivity index (χ1n) is 16.2. The van der Waals surface area contributed by atoms with Crippen LogP contribution in [-0.2, 0) is 17.9 Å². The van der Waals surface area contributed by atoms with E-state index in [0.29, 0.717) is 39.8 Å². The molecule has 1 aliphatic heterocycles. The highest BCUT2D eigenvalue weighted by molar-refractivity contribution is 6.31. The summed E-state index contributed by atoms with van der Waals surface area (Å²) in [6, 6.07) is 19.9. The van der Waals surface area contributed by atoms with Crippen molar-refractivity contribution in [2.45, 2.75) is 32.4 Å². The largest absolute Gasteiger partial charge is 0.495 e. The molecule has 0 spiro atoms. The molecule has 10 nitrogen and oxygen atoms in total. The first-order chi connectivity index (χ1) is 23.9. The Morgan fingerprint density at radius 2 is 1.73 bits per heavy atom. The second-order valence-electron chi connectivity index (χ2n) is 11.9. The number of likely N-dealkylation sites (tertiary alicyclic amines) is 1. The molecule has 0 aliphatic carbocycles. The number of nitrogens with zero attached hydrogens (tertiary/aromatic N) is 6. The molecule has 49 heavy (non-hydrogen) atoms. The van der Waals surface area contributed by atoms with Gasteiger partial charge in [0, 0.05) is 56.5 Å². The third-order valence-corrected chi connectivity index (χ3v) is 8.87. The number of hydrogen-bond donors (Lipinski definition) is 2. The second-order valence-corrected chi connectivity index (χ2v) is 12.3. The Morgan fingerprint density at radius 1 is 1.00 bits per heavy atom. The summed E-state index contributed by atoms with van der Waals surface area (Å²) >= 11 is 5.99. The van der Waals surface area contributed by atoms with Crippen molar-refractivity contribution in [3.05, 3.63) is 120 Å². The zero-order valence-corrected chi connectivity index (χ0v) is 28.0. The molecule has 1 aliphatic rings. The Balaban J connectivity index is 1.06. The molecule has 1 amide bonds. The summed E-state index contributed by atoms with van der Waals surface area (Å²) in [6.45, 7) is 4.25. The summed E-state index contributed by atoms with van der Waals surface area (Å²) in [5.41, 5.74) is 3.65. The number of halogens is 2. The SMILES string of the molecule is COc1ccc2ncnc(Nc3ccc(F)c(Cl)c3)c2c1NC(=O)/C=C/N1CCC(CCN(Cc2ccccn2)Cc2ccccn2)CC1. The highest BCUT2D eigenvalue weighted by atomic mass is 35.5. The zero-order valence-electron chi connectivity index (χ0n) is 27.2. The van der Waals surface area contributed by atoms with Gasteiger partial charge in [-0.25, -0.2) is 14.4 Å². The normalized spacial score (nSPS) is 13.7. The molecule has 0 bridgehead atoms. The molecular formula is C37H38ClFN8O2. The van der Waals surface area contributed by atoms with Crippen molar-refractivity contribution in [2.75, 3.05) is 37.4 Å².